The van der Waals surface area contributed by atoms with Gasteiger partial charge in [-0.2, -0.15) is 0 Å². The predicted molar refractivity (Wildman–Crippen MR) is 74.7 cm³/mol. The molecule has 0 aromatic carbocycles. The zero-order valence-electron chi connectivity index (χ0n) is 10.9. The molecule has 1 aliphatic heterocycles. The zero-order valence-corrected chi connectivity index (χ0v) is 11.7. The van der Waals surface area contributed by atoms with Gasteiger partial charge < -0.3 is 10.3 Å². The number of amidine groups is 1. The maximum Gasteiger partial charge on any atom is 0.199 e. The van der Waals surface area contributed by atoms with Gasteiger partial charge in [-0.3, -0.25) is 5.41 Å². The first-order chi connectivity index (χ1) is 9.74. The molecular weight excluding hydrogens is 274 g/mol. The lowest BCUT2D eigenvalue weighted by molar-refractivity contribution is 0.590. The van der Waals surface area contributed by atoms with Crippen molar-refractivity contribution in [2.75, 3.05) is 0 Å². The minimum absolute atomic E-state index is 0.0608. The lowest BCUT2D eigenvalue weighted by atomic mass is 10.2. The van der Waals surface area contributed by atoms with Crippen molar-refractivity contribution in [3.8, 4) is 0 Å². The zero-order chi connectivity index (χ0) is 13.9. The fourth-order valence-corrected chi connectivity index (χ4v) is 2.96. The molecule has 3 N–H and O–H groups in total. The average Bonchev–Trinajstić information content (AvgIpc) is 2.68. The summed E-state index contributed by atoms with van der Waals surface area (Å²) in [5.74, 6) is 0.974. The van der Waals surface area contributed by atoms with Crippen LogP contribution >= 0.6 is 11.8 Å². The summed E-state index contributed by atoms with van der Waals surface area (Å²) >= 11 is 1.36. The summed E-state index contributed by atoms with van der Waals surface area (Å²) in [5, 5.41) is 17.2. The van der Waals surface area contributed by atoms with Crippen molar-refractivity contribution in [3.05, 3.63) is 23.8 Å². The molecule has 2 aromatic heterocycles. The third-order valence-corrected chi connectivity index (χ3v) is 4.03. The summed E-state index contributed by atoms with van der Waals surface area (Å²) in [4.78, 5) is 8.43. The van der Waals surface area contributed by atoms with Gasteiger partial charge in [0.2, 0.25) is 0 Å². The Hall–Kier alpha value is -1.96. The highest BCUT2D eigenvalue weighted by Gasteiger charge is 2.16. The molecule has 0 saturated heterocycles. The molecule has 0 atom stereocenters. The fourth-order valence-electron chi connectivity index (χ4n) is 2.16. The summed E-state index contributed by atoms with van der Waals surface area (Å²) in [7, 11) is 0. The normalized spacial score (nSPS) is 14.6. The number of nitrogens with two attached hydrogens (primary N) is 1. The molecule has 0 spiro atoms. The van der Waals surface area contributed by atoms with Gasteiger partial charge in [-0.25, -0.2) is 9.97 Å². The third-order valence-electron chi connectivity index (χ3n) is 3.17. The molecule has 0 aliphatic carbocycles. The number of aromatic nitrogens is 5. The first-order valence-corrected chi connectivity index (χ1v) is 7.33. The maximum absolute atomic E-state index is 7.41. The van der Waals surface area contributed by atoms with Crippen molar-refractivity contribution >= 4 is 17.6 Å². The van der Waals surface area contributed by atoms with Crippen LogP contribution in [0.15, 0.2) is 22.6 Å². The van der Waals surface area contributed by atoms with Crippen LogP contribution < -0.4 is 5.73 Å². The molecular formula is C12H15N7S. The predicted octanol–water partition coefficient (Wildman–Crippen LogP) is 1.23. The fraction of sp³-hybridized carbons (Fsp3) is 0.417. The largest absolute Gasteiger partial charge is 0.382 e. The van der Waals surface area contributed by atoms with Gasteiger partial charge in [-0.05, 0) is 30.7 Å². The van der Waals surface area contributed by atoms with E-state index in [1.807, 2.05) is 0 Å². The summed E-state index contributed by atoms with van der Waals surface area (Å²) in [6, 6.07) is 1.62. The van der Waals surface area contributed by atoms with Crippen LogP contribution in [0.25, 0.3) is 0 Å². The standard InChI is InChI=1S/C12H15N7S/c13-10(14)8-5-6-15-11(16-8)20-12-18-17-9-4-2-1-3-7-19(9)12/h5-6H,1-4,7H2,(H3,13,14). The number of fused-ring (bicyclic) bond motifs is 1. The van der Waals surface area contributed by atoms with Gasteiger partial charge in [0, 0.05) is 19.2 Å². The number of nitrogens with one attached hydrogen (secondary N) is 1. The van der Waals surface area contributed by atoms with Crippen LogP contribution in [0.3, 0.4) is 0 Å². The lowest BCUT2D eigenvalue weighted by Crippen LogP contribution is -2.13. The van der Waals surface area contributed by atoms with Crippen LogP contribution in [-0.2, 0) is 13.0 Å². The van der Waals surface area contributed by atoms with Crippen molar-refractivity contribution in [2.24, 2.45) is 5.73 Å². The number of nitrogen functional groups attached to an aromatic ring is 1. The Kier molecular flexibility index (Phi) is 3.64. The second-order valence-corrected chi connectivity index (χ2v) is 5.54. The van der Waals surface area contributed by atoms with Crippen LogP contribution in [0, 0.1) is 5.41 Å². The number of hydrogen-bond donors (Lipinski definition) is 2. The highest BCUT2D eigenvalue weighted by atomic mass is 32.2. The molecule has 0 radical (unpaired) electrons. The van der Waals surface area contributed by atoms with E-state index < -0.39 is 0 Å². The van der Waals surface area contributed by atoms with E-state index in [9.17, 15) is 0 Å². The molecule has 104 valence electrons. The maximum atomic E-state index is 7.41. The Labute approximate surface area is 120 Å². The molecule has 0 fully saturated rings. The van der Waals surface area contributed by atoms with Crippen LogP contribution in [0.4, 0.5) is 0 Å². The van der Waals surface area contributed by atoms with Gasteiger partial charge in [-0.15, -0.1) is 10.2 Å². The van der Waals surface area contributed by atoms with E-state index in [2.05, 4.69) is 24.7 Å². The van der Waals surface area contributed by atoms with E-state index in [0.717, 1.165) is 30.4 Å². The Morgan fingerprint density at radius 1 is 1.30 bits per heavy atom. The molecule has 3 heterocycles. The Morgan fingerprint density at radius 2 is 2.20 bits per heavy atom. The van der Waals surface area contributed by atoms with Gasteiger partial charge in [-0.1, -0.05) is 6.42 Å². The van der Waals surface area contributed by atoms with Crippen LogP contribution in [-0.4, -0.2) is 30.6 Å². The first-order valence-electron chi connectivity index (χ1n) is 6.51. The second kappa shape index (κ2) is 5.58. The number of rotatable bonds is 3. The van der Waals surface area contributed by atoms with Crippen molar-refractivity contribution in [3.63, 3.8) is 0 Å². The molecule has 2 aromatic rings. The van der Waals surface area contributed by atoms with Gasteiger partial charge in [0.1, 0.15) is 17.4 Å². The van der Waals surface area contributed by atoms with Crippen molar-refractivity contribution in [1.82, 2.24) is 24.7 Å². The van der Waals surface area contributed by atoms with Crippen molar-refractivity contribution in [1.29, 1.82) is 5.41 Å². The minimum Gasteiger partial charge on any atom is -0.382 e. The summed E-state index contributed by atoms with van der Waals surface area (Å²) in [6.45, 7) is 0.942. The summed E-state index contributed by atoms with van der Waals surface area (Å²) < 4.78 is 2.14. The van der Waals surface area contributed by atoms with Gasteiger partial charge in [0.15, 0.2) is 10.3 Å². The minimum atomic E-state index is -0.0608. The summed E-state index contributed by atoms with van der Waals surface area (Å²) in [6.07, 6.45) is 6.11. The van der Waals surface area contributed by atoms with E-state index in [-0.39, 0.29) is 5.84 Å². The highest BCUT2D eigenvalue weighted by Crippen LogP contribution is 2.25. The quantitative estimate of drug-likeness (QED) is 0.500. The molecule has 8 heteroatoms. The van der Waals surface area contributed by atoms with Crippen LogP contribution in [0.5, 0.6) is 0 Å². The molecule has 0 bridgehead atoms. The third kappa shape index (κ3) is 2.64. The average molecular weight is 289 g/mol. The number of nitrogens with zero attached hydrogens (tertiary/aromatic N) is 5. The molecule has 1 aliphatic rings. The number of aryl methyl sites for hydroxylation is 1. The van der Waals surface area contributed by atoms with Crippen molar-refractivity contribution in [2.45, 2.75) is 42.5 Å². The van der Waals surface area contributed by atoms with Gasteiger partial charge in [0.25, 0.3) is 0 Å². The van der Waals surface area contributed by atoms with E-state index in [1.165, 1.54) is 24.6 Å². The van der Waals surface area contributed by atoms with E-state index >= 15 is 0 Å². The second-order valence-electron chi connectivity index (χ2n) is 4.60. The first kappa shape index (κ1) is 13.0. The highest BCUT2D eigenvalue weighted by molar-refractivity contribution is 7.99. The SMILES string of the molecule is N=C(N)c1ccnc(Sc2nnc3n2CCCCC3)n1. The van der Waals surface area contributed by atoms with E-state index in [4.69, 9.17) is 11.1 Å². The number of hydrogen-bond acceptors (Lipinski definition) is 6. The van der Waals surface area contributed by atoms with Gasteiger partial charge in [0.05, 0.1) is 0 Å². The Balaban J connectivity index is 1.86. The van der Waals surface area contributed by atoms with E-state index in [0.29, 0.717) is 10.9 Å². The molecule has 20 heavy (non-hydrogen) atoms. The lowest BCUT2D eigenvalue weighted by Gasteiger charge is -2.05. The Bertz CT molecular complexity index is 636. The monoisotopic (exact) mass is 289 g/mol. The topological polar surface area (TPSA) is 106 Å². The van der Waals surface area contributed by atoms with Crippen LogP contribution in [0.1, 0.15) is 30.8 Å². The molecule has 0 saturated carbocycles. The van der Waals surface area contributed by atoms with E-state index in [1.54, 1.807) is 12.3 Å². The molecule has 7 nitrogen and oxygen atoms in total. The molecule has 0 unspecified atom stereocenters. The molecule has 0 amide bonds. The smallest absolute Gasteiger partial charge is 0.199 e. The van der Waals surface area contributed by atoms with Gasteiger partial charge >= 0.3 is 0 Å². The van der Waals surface area contributed by atoms with Crippen molar-refractivity contribution < 1.29 is 0 Å². The molecule has 3 rings (SSSR count). The summed E-state index contributed by atoms with van der Waals surface area (Å²) in [5.41, 5.74) is 5.87. The Morgan fingerprint density at radius 3 is 3.05 bits per heavy atom. The van der Waals surface area contributed by atoms with Crippen LogP contribution in [0.2, 0.25) is 0 Å².